The molecule has 2 aliphatic heterocycles. The van der Waals surface area contributed by atoms with Crippen LogP contribution in [0.15, 0.2) is 23.1 Å². The molecule has 0 radical (unpaired) electrons. The Morgan fingerprint density at radius 2 is 2.10 bits per heavy atom. The molecule has 0 bridgehead atoms. The van der Waals surface area contributed by atoms with Gasteiger partial charge in [-0.05, 0) is 24.8 Å². The van der Waals surface area contributed by atoms with Gasteiger partial charge in [0.1, 0.15) is 0 Å². The number of nitrogens with zero attached hydrogens (tertiary/aromatic N) is 1. The molecule has 2 N–H and O–H groups in total. The average molecular weight is 275 g/mol. The van der Waals surface area contributed by atoms with Gasteiger partial charge < -0.3 is 15.2 Å². The molecule has 2 aliphatic rings. The standard InChI is InChI=1S/C14H17N3O3/c18-12-3-1-9(7-15-12)14(20)17-6-5-11-10(8-17)2-4-13(19)16-11/h1,3,7,10-11H,2,4-6,8H2,(H,15,18)(H,16,19). The zero-order valence-corrected chi connectivity index (χ0v) is 11.1. The van der Waals surface area contributed by atoms with Gasteiger partial charge in [0.2, 0.25) is 11.5 Å². The van der Waals surface area contributed by atoms with Crippen LogP contribution in [0.4, 0.5) is 0 Å². The molecule has 0 aromatic carbocycles. The number of rotatable bonds is 1. The molecule has 2 fully saturated rings. The van der Waals surface area contributed by atoms with Crippen molar-refractivity contribution in [3.05, 3.63) is 34.2 Å². The number of hydrogen-bond donors (Lipinski definition) is 2. The van der Waals surface area contributed by atoms with Gasteiger partial charge in [0, 0.05) is 37.8 Å². The summed E-state index contributed by atoms with van der Waals surface area (Å²) in [5.74, 6) is 0.399. The summed E-state index contributed by atoms with van der Waals surface area (Å²) >= 11 is 0. The van der Waals surface area contributed by atoms with Crippen LogP contribution < -0.4 is 10.9 Å². The van der Waals surface area contributed by atoms with E-state index in [0.717, 1.165) is 12.8 Å². The van der Waals surface area contributed by atoms with E-state index in [1.807, 2.05) is 4.90 Å². The van der Waals surface area contributed by atoms with Crippen molar-refractivity contribution in [3.63, 3.8) is 0 Å². The first kappa shape index (κ1) is 12.9. The molecule has 0 aliphatic carbocycles. The van der Waals surface area contributed by atoms with Crippen molar-refractivity contribution in [2.24, 2.45) is 5.92 Å². The van der Waals surface area contributed by atoms with E-state index >= 15 is 0 Å². The first-order valence-corrected chi connectivity index (χ1v) is 6.91. The molecule has 20 heavy (non-hydrogen) atoms. The largest absolute Gasteiger partial charge is 0.353 e. The number of pyridine rings is 1. The fourth-order valence-electron chi connectivity index (χ4n) is 3.02. The van der Waals surface area contributed by atoms with Crippen LogP contribution >= 0.6 is 0 Å². The Bertz CT molecular complexity index is 575. The van der Waals surface area contributed by atoms with Crippen LogP contribution in [-0.4, -0.2) is 40.8 Å². The zero-order chi connectivity index (χ0) is 14.1. The number of carbonyl (C=O) groups is 2. The van der Waals surface area contributed by atoms with Crippen LogP contribution in [0.25, 0.3) is 0 Å². The van der Waals surface area contributed by atoms with Crippen molar-refractivity contribution >= 4 is 11.8 Å². The maximum Gasteiger partial charge on any atom is 0.255 e. The maximum atomic E-state index is 12.4. The SMILES string of the molecule is O=C1CCC2CN(C(=O)c3ccc(=O)[nH]c3)CCC2N1. The van der Waals surface area contributed by atoms with Crippen LogP contribution in [0.2, 0.25) is 0 Å². The molecule has 0 spiro atoms. The fraction of sp³-hybridized carbons (Fsp3) is 0.500. The number of carbonyl (C=O) groups excluding carboxylic acids is 2. The average Bonchev–Trinajstić information content (AvgIpc) is 2.47. The fourth-order valence-corrected chi connectivity index (χ4v) is 3.02. The molecular formula is C14H17N3O3. The van der Waals surface area contributed by atoms with Crippen LogP contribution in [0.5, 0.6) is 0 Å². The van der Waals surface area contributed by atoms with Crippen molar-refractivity contribution in [1.29, 1.82) is 0 Å². The molecule has 106 valence electrons. The number of H-pyrrole nitrogens is 1. The zero-order valence-electron chi connectivity index (χ0n) is 11.1. The lowest BCUT2D eigenvalue weighted by molar-refractivity contribution is -0.125. The van der Waals surface area contributed by atoms with E-state index in [2.05, 4.69) is 10.3 Å². The lowest BCUT2D eigenvalue weighted by Gasteiger charge is -2.41. The number of aromatic amines is 1. The quantitative estimate of drug-likeness (QED) is 0.763. The van der Waals surface area contributed by atoms with E-state index in [9.17, 15) is 14.4 Å². The van der Waals surface area contributed by atoms with Gasteiger partial charge in [-0.3, -0.25) is 14.4 Å². The molecule has 3 rings (SSSR count). The Hall–Kier alpha value is -2.11. The predicted octanol–water partition coefficient (Wildman–Crippen LogP) is 0.116. The van der Waals surface area contributed by atoms with E-state index in [1.165, 1.54) is 12.3 Å². The topological polar surface area (TPSA) is 82.3 Å². The highest BCUT2D eigenvalue weighted by atomic mass is 16.2. The van der Waals surface area contributed by atoms with Gasteiger partial charge in [0.25, 0.3) is 5.91 Å². The Morgan fingerprint density at radius 3 is 2.85 bits per heavy atom. The molecule has 0 saturated carbocycles. The molecule has 6 heteroatoms. The highest BCUT2D eigenvalue weighted by Crippen LogP contribution is 2.26. The summed E-state index contributed by atoms with van der Waals surface area (Å²) in [5, 5.41) is 3.00. The predicted molar refractivity (Wildman–Crippen MR) is 72.2 cm³/mol. The van der Waals surface area contributed by atoms with E-state index in [1.54, 1.807) is 6.07 Å². The van der Waals surface area contributed by atoms with Crippen LogP contribution in [0.3, 0.4) is 0 Å². The highest BCUT2D eigenvalue weighted by molar-refractivity contribution is 5.94. The van der Waals surface area contributed by atoms with E-state index in [4.69, 9.17) is 0 Å². The second kappa shape index (κ2) is 5.11. The minimum atomic E-state index is -0.213. The summed E-state index contributed by atoms with van der Waals surface area (Å²) in [6.07, 6.45) is 3.64. The third kappa shape index (κ3) is 2.45. The van der Waals surface area contributed by atoms with Crippen LogP contribution in [0.1, 0.15) is 29.6 Å². The number of amides is 2. The van der Waals surface area contributed by atoms with Gasteiger partial charge in [-0.15, -0.1) is 0 Å². The summed E-state index contributed by atoms with van der Waals surface area (Å²) in [4.78, 5) is 39.1. The van der Waals surface area contributed by atoms with E-state index < -0.39 is 0 Å². The van der Waals surface area contributed by atoms with E-state index in [0.29, 0.717) is 31.0 Å². The number of fused-ring (bicyclic) bond motifs is 1. The van der Waals surface area contributed by atoms with Gasteiger partial charge in [-0.2, -0.15) is 0 Å². The number of aromatic nitrogens is 1. The Balaban J connectivity index is 1.70. The number of likely N-dealkylation sites (tertiary alicyclic amines) is 1. The van der Waals surface area contributed by atoms with E-state index in [-0.39, 0.29) is 23.4 Å². The van der Waals surface area contributed by atoms with Gasteiger partial charge >= 0.3 is 0 Å². The molecule has 3 heterocycles. The van der Waals surface area contributed by atoms with Gasteiger partial charge in [-0.25, -0.2) is 0 Å². The van der Waals surface area contributed by atoms with Gasteiger partial charge in [0.15, 0.2) is 0 Å². The molecule has 2 atom stereocenters. The lowest BCUT2D eigenvalue weighted by Crippen LogP contribution is -2.55. The monoisotopic (exact) mass is 275 g/mol. The smallest absolute Gasteiger partial charge is 0.255 e. The first-order valence-electron chi connectivity index (χ1n) is 6.91. The summed E-state index contributed by atoms with van der Waals surface area (Å²) in [6, 6.07) is 3.12. The first-order chi connectivity index (χ1) is 9.63. The molecule has 2 unspecified atom stereocenters. The number of hydrogen-bond acceptors (Lipinski definition) is 3. The summed E-state index contributed by atoms with van der Waals surface area (Å²) in [5.41, 5.74) is 0.290. The number of piperidine rings is 2. The van der Waals surface area contributed by atoms with Gasteiger partial charge in [-0.1, -0.05) is 0 Å². The molecule has 1 aromatic rings. The summed E-state index contributed by atoms with van der Waals surface area (Å²) < 4.78 is 0. The minimum Gasteiger partial charge on any atom is -0.353 e. The van der Waals surface area contributed by atoms with Crippen molar-refractivity contribution in [3.8, 4) is 0 Å². The third-order valence-electron chi connectivity index (χ3n) is 4.14. The molecule has 2 saturated heterocycles. The van der Waals surface area contributed by atoms with Crippen LogP contribution in [-0.2, 0) is 4.79 Å². The highest BCUT2D eigenvalue weighted by Gasteiger charge is 2.35. The molecular weight excluding hydrogens is 258 g/mol. The molecule has 2 amide bonds. The third-order valence-corrected chi connectivity index (χ3v) is 4.14. The second-order valence-electron chi connectivity index (χ2n) is 5.45. The normalized spacial score (nSPS) is 25.8. The second-order valence-corrected chi connectivity index (χ2v) is 5.45. The van der Waals surface area contributed by atoms with Crippen molar-refractivity contribution in [2.75, 3.05) is 13.1 Å². The van der Waals surface area contributed by atoms with Crippen molar-refractivity contribution < 1.29 is 9.59 Å². The summed E-state index contributed by atoms with van der Waals surface area (Å²) in [6.45, 7) is 1.31. The van der Waals surface area contributed by atoms with Gasteiger partial charge in [0.05, 0.1) is 5.56 Å². The van der Waals surface area contributed by atoms with Crippen molar-refractivity contribution in [2.45, 2.75) is 25.3 Å². The maximum absolute atomic E-state index is 12.4. The Morgan fingerprint density at radius 1 is 1.25 bits per heavy atom. The number of nitrogens with one attached hydrogen (secondary N) is 2. The van der Waals surface area contributed by atoms with Crippen molar-refractivity contribution in [1.82, 2.24) is 15.2 Å². The minimum absolute atomic E-state index is 0.0587. The Kier molecular flexibility index (Phi) is 3.30. The Labute approximate surface area is 116 Å². The summed E-state index contributed by atoms with van der Waals surface area (Å²) in [7, 11) is 0. The lowest BCUT2D eigenvalue weighted by atomic mass is 9.85. The van der Waals surface area contributed by atoms with Crippen LogP contribution in [0, 0.1) is 5.92 Å². The molecule has 1 aromatic heterocycles. The molecule has 6 nitrogen and oxygen atoms in total.